The van der Waals surface area contributed by atoms with Gasteiger partial charge in [-0.1, -0.05) is 0 Å². The van der Waals surface area contributed by atoms with Gasteiger partial charge in [0.1, 0.15) is 5.67 Å². The van der Waals surface area contributed by atoms with Gasteiger partial charge in [-0.3, -0.25) is 0 Å². The van der Waals surface area contributed by atoms with Gasteiger partial charge in [0, 0.05) is 19.1 Å². The molecule has 0 bridgehead atoms. The molecule has 1 aliphatic rings. The summed E-state index contributed by atoms with van der Waals surface area (Å²) in [6, 6.07) is 0.290. The van der Waals surface area contributed by atoms with Crippen molar-refractivity contribution in [2.24, 2.45) is 5.73 Å². The summed E-state index contributed by atoms with van der Waals surface area (Å²) >= 11 is 0. The first kappa shape index (κ1) is 6.96. The van der Waals surface area contributed by atoms with Crippen molar-refractivity contribution in [3.8, 4) is 0 Å². The van der Waals surface area contributed by atoms with E-state index in [2.05, 4.69) is 5.32 Å². The predicted octanol–water partition coefficient (Wildman–Crippen LogP) is 0.0352. The molecule has 0 amide bonds. The number of rotatable bonds is 1. The standard InChI is InChI=1S/C6H13FN2/c1-5-2-6(7,3-8)4-9-5/h5,9H,2-4,8H2,1H3/t5-,6+/m1/s1. The minimum absolute atomic E-state index is 0.143. The molecular weight excluding hydrogens is 119 g/mol. The van der Waals surface area contributed by atoms with Crippen LogP contribution in [-0.2, 0) is 0 Å². The quantitative estimate of drug-likeness (QED) is 0.528. The molecule has 0 aromatic carbocycles. The number of nitrogens with one attached hydrogen (secondary N) is 1. The Kier molecular flexibility index (Phi) is 1.73. The molecule has 0 aliphatic carbocycles. The van der Waals surface area contributed by atoms with Gasteiger partial charge in [0.15, 0.2) is 0 Å². The van der Waals surface area contributed by atoms with Gasteiger partial charge in [0.2, 0.25) is 0 Å². The van der Waals surface area contributed by atoms with Crippen LogP contribution in [0.15, 0.2) is 0 Å². The zero-order chi connectivity index (χ0) is 6.91. The van der Waals surface area contributed by atoms with Gasteiger partial charge in [0.05, 0.1) is 0 Å². The molecule has 1 heterocycles. The van der Waals surface area contributed by atoms with E-state index in [1.54, 1.807) is 0 Å². The lowest BCUT2D eigenvalue weighted by Gasteiger charge is -2.13. The molecule has 9 heavy (non-hydrogen) atoms. The summed E-state index contributed by atoms with van der Waals surface area (Å²) < 4.78 is 13.1. The number of halogens is 1. The molecule has 1 saturated heterocycles. The van der Waals surface area contributed by atoms with Gasteiger partial charge in [-0.25, -0.2) is 4.39 Å². The van der Waals surface area contributed by atoms with E-state index in [0.717, 1.165) is 0 Å². The minimum atomic E-state index is -1.13. The molecular formula is C6H13FN2. The van der Waals surface area contributed by atoms with Crippen LogP contribution in [0.25, 0.3) is 0 Å². The molecule has 2 nitrogen and oxygen atoms in total. The lowest BCUT2D eigenvalue weighted by molar-refractivity contribution is 0.198. The second-order valence-corrected chi connectivity index (χ2v) is 2.84. The fourth-order valence-corrected chi connectivity index (χ4v) is 1.21. The summed E-state index contributed by atoms with van der Waals surface area (Å²) in [5.41, 5.74) is 4.09. The number of hydrogen-bond acceptors (Lipinski definition) is 2. The van der Waals surface area contributed by atoms with Crippen LogP contribution in [-0.4, -0.2) is 24.8 Å². The van der Waals surface area contributed by atoms with Crippen molar-refractivity contribution in [3.05, 3.63) is 0 Å². The van der Waals surface area contributed by atoms with Crippen LogP contribution in [0.4, 0.5) is 4.39 Å². The first-order valence-electron chi connectivity index (χ1n) is 3.29. The molecule has 1 fully saturated rings. The lowest BCUT2D eigenvalue weighted by atomic mass is 10.0. The third-order valence-electron chi connectivity index (χ3n) is 1.81. The minimum Gasteiger partial charge on any atom is -0.327 e. The van der Waals surface area contributed by atoms with Crippen molar-refractivity contribution < 1.29 is 4.39 Å². The Morgan fingerprint density at radius 2 is 2.56 bits per heavy atom. The van der Waals surface area contributed by atoms with Gasteiger partial charge in [-0.2, -0.15) is 0 Å². The first-order chi connectivity index (χ1) is 4.16. The third-order valence-corrected chi connectivity index (χ3v) is 1.81. The maximum Gasteiger partial charge on any atom is 0.137 e. The van der Waals surface area contributed by atoms with Crippen LogP contribution in [0.2, 0.25) is 0 Å². The zero-order valence-electron chi connectivity index (χ0n) is 5.65. The van der Waals surface area contributed by atoms with Gasteiger partial charge >= 0.3 is 0 Å². The Hall–Kier alpha value is -0.150. The predicted molar refractivity (Wildman–Crippen MR) is 35.0 cm³/mol. The molecule has 0 saturated carbocycles. The van der Waals surface area contributed by atoms with Gasteiger partial charge in [-0.05, 0) is 13.3 Å². The highest BCUT2D eigenvalue weighted by atomic mass is 19.1. The Morgan fingerprint density at radius 3 is 2.78 bits per heavy atom. The van der Waals surface area contributed by atoms with Crippen molar-refractivity contribution >= 4 is 0 Å². The molecule has 0 aromatic rings. The summed E-state index contributed by atoms with van der Waals surface area (Å²) in [7, 11) is 0. The number of nitrogens with two attached hydrogens (primary N) is 1. The number of hydrogen-bond donors (Lipinski definition) is 2. The van der Waals surface area contributed by atoms with Gasteiger partial charge < -0.3 is 11.1 Å². The van der Waals surface area contributed by atoms with Crippen molar-refractivity contribution in [3.63, 3.8) is 0 Å². The maximum absolute atomic E-state index is 13.1. The molecule has 2 atom stereocenters. The van der Waals surface area contributed by atoms with E-state index in [1.165, 1.54) is 0 Å². The summed E-state index contributed by atoms with van der Waals surface area (Å²) in [5, 5.41) is 3.01. The summed E-state index contributed by atoms with van der Waals surface area (Å²) in [4.78, 5) is 0. The van der Waals surface area contributed by atoms with Crippen molar-refractivity contribution in [1.82, 2.24) is 5.32 Å². The number of alkyl halides is 1. The van der Waals surface area contributed by atoms with E-state index in [0.29, 0.717) is 19.0 Å². The summed E-state index contributed by atoms with van der Waals surface area (Å²) in [5.74, 6) is 0. The van der Waals surface area contributed by atoms with E-state index >= 15 is 0 Å². The average molecular weight is 132 g/mol. The monoisotopic (exact) mass is 132 g/mol. The summed E-state index contributed by atoms with van der Waals surface area (Å²) in [6.45, 7) is 2.53. The Bertz CT molecular complexity index is 107. The van der Waals surface area contributed by atoms with Crippen molar-refractivity contribution in [2.75, 3.05) is 13.1 Å². The average Bonchev–Trinajstić information content (AvgIpc) is 2.13. The van der Waals surface area contributed by atoms with Crippen LogP contribution in [0.1, 0.15) is 13.3 Å². The van der Waals surface area contributed by atoms with Crippen LogP contribution in [0, 0.1) is 0 Å². The highest BCUT2D eigenvalue weighted by Crippen LogP contribution is 2.21. The lowest BCUT2D eigenvalue weighted by Crippen LogP contribution is -2.34. The van der Waals surface area contributed by atoms with E-state index in [-0.39, 0.29) is 6.54 Å². The van der Waals surface area contributed by atoms with Crippen LogP contribution in [0.5, 0.6) is 0 Å². The Balaban J connectivity index is 2.45. The molecule has 1 rings (SSSR count). The largest absolute Gasteiger partial charge is 0.327 e. The van der Waals surface area contributed by atoms with E-state index < -0.39 is 5.67 Å². The molecule has 0 spiro atoms. The molecule has 0 radical (unpaired) electrons. The normalized spacial score (nSPS) is 43.7. The second-order valence-electron chi connectivity index (χ2n) is 2.84. The molecule has 0 unspecified atom stereocenters. The van der Waals surface area contributed by atoms with Gasteiger partial charge in [0.25, 0.3) is 0 Å². The highest BCUT2D eigenvalue weighted by Gasteiger charge is 2.35. The molecule has 3 heteroatoms. The third kappa shape index (κ3) is 1.40. The Morgan fingerprint density at radius 1 is 1.89 bits per heavy atom. The SMILES string of the molecule is C[C@@H]1C[C@](F)(CN)CN1. The topological polar surface area (TPSA) is 38.0 Å². The highest BCUT2D eigenvalue weighted by molar-refractivity contribution is 4.93. The van der Waals surface area contributed by atoms with E-state index in [9.17, 15) is 4.39 Å². The molecule has 1 aliphatic heterocycles. The van der Waals surface area contributed by atoms with Gasteiger partial charge in [-0.15, -0.1) is 0 Å². The van der Waals surface area contributed by atoms with Crippen LogP contribution < -0.4 is 11.1 Å². The molecule has 54 valence electrons. The van der Waals surface area contributed by atoms with E-state index in [1.807, 2.05) is 6.92 Å². The van der Waals surface area contributed by atoms with Crippen LogP contribution >= 0.6 is 0 Å². The maximum atomic E-state index is 13.1. The molecule has 0 aromatic heterocycles. The molecule has 3 N–H and O–H groups in total. The van der Waals surface area contributed by atoms with Crippen molar-refractivity contribution in [1.29, 1.82) is 0 Å². The zero-order valence-corrected chi connectivity index (χ0v) is 5.65. The second kappa shape index (κ2) is 2.23. The fraction of sp³-hybridized carbons (Fsp3) is 1.00. The first-order valence-corrected chi connectivity index (χ1v) is 3.29. The van der Waals surface area contributed by atoms with E-state index in [4.69, 9.17) is 5.73 Å². The van der Waals surface area contributed by atoms with Crippen molar-refractivity contribution in [2.45, 2.75) is 25.1 Å². The Labute approximate surface area is 54.6 Å². The van der Waals surface area contributed by atoms with Crippen LogP contribution in [0.3, 0.4) is 0 Å². The smallest absolute Gasteiger partial charge is 0.137 e. The fourth-order valence-electron chi connectivity index (χ4n) is 1.21. The summed E-state index contributed by atoms with van der Waals surface area (Å²) in [6.07, 6.45) is 0.559.